The first kappa shape index (κ1) is 19.7. The topological polar surface area (TPSA) is 81.1 Å². The third-order valence-corrected chi connectivity index (χ3v) is 5.64. The molecule has 1 amide bonds. The molecule has 2 N–H and O–H groups in total. The molecule has 160 valence electrons. The number of amides is 1. The number of hydrogen-bond acceptors (Lipinski definition) is 5. The van der Waals surface area contributed by atoms with Crippen molar-refractivity contribution in [1.29, 1.82) is 0 Å². The Morgan fingerprint density at radius 1 is 1.13 bits per heavy atom. The smallest absolute Gasteiger partial charge is 0.254 e. The van der Waals surface area contributed by atoms with Crippen molar-refractivity contribution in [2.75, 3.05) is 18.5 Å². The Morgan fingerprint density at radius 3 is 2.77 bits per heavy atom. The molecule has 1 saturated heterocycles. The number of nitrogens with one attached hydrogen (secondary N) is 2. The summed E-state index contributed by atoms with van der Waals surface area (Å²) in [6, 6.07) is 5.43. The standard InChI is InChI=1S/C23H24FN5O2/c1-14-6-21(24)20(23(30)28-17-2-3-17)8-22(14)29-12-16(10-26-29)15-7-19(11-25-9-15)27-18-4-5-31-13-18/h6-12,17-18,27H,2-5,13H2,1H3,(H,28,30)/t18-/m1/s1. The Bertz CT molecular complexity index is 1120. The van der Waals surface area contributed by atoms with Crippen molar-refractivity contribution in [2.45, 2.75) is 38.3 Å². The molecule has 0 unspecified atom stereocenters. The Kier molecular flexibility index (Phi) is 5.15. The van der Waals surface area contributed by atoms with Crippen LogP contribution in [-0.2, 0) is 4.74 Å². The van der Waals surface area contributed by atoms with Crippen molar-refractivity contribution < 1.29 is 13.9 Å². The predicted molar refractivity (Wildman–Crippen MR) is 115 cm³/mol. The second kappa shape index (κ2) is 8.11. The lowest BCUT2D eigenvalue weighted by molar-refractivity contribution is 0.0947. The number of hydrogen-bond donors (Lipinski definition) is 2. The molecule has 7 nitrogen and oxygen atoms in total. The highest BCUT2D eigenvalue weighted by Gasteiger charge is 2.25. The van der Waals surface area contributed by atoms with Gasteiger partial charge >= 0.3 is 0 Å². The summed E-state index contributed by atoms with van der Waals surface area (Å²) in [6.45, 7) is 3.27. The molecule has 0 spiro atoms. The molecule has 31 heavy (non-hydrogen) atoms. The minimum atomic E-state index is -0.523. The highest BCUT2D eigenvalue weighted by Crippen LogP contribution is 2.26. The van der Waals surface area contributed by atoms with Crippen LogP contribution in [0.5, 0.6) is 0 Å². The summed E-state index contributed by atoms with van der Waals surface area (Å²) in [6.07, 6.45) is 10.1. The lowest BCUT2D eigenvalue weighted by Crippen LogP contribution is -2.26. The maximum Gasteiger partial charge on any atom is 0.254 e. The fraction of sp³-hybridized carbons (Fsp3) is 0.348. The van der Waals surface area contributed by atoms with Crippen molar-refractivity contribution in [3.8, 4) is 16.8 Å². The molecule has 2 aromatic heterocycles. The van der Waals surface area contributed by atoms with Crippen LogP contribution in [0.2, 0.25) is 0 Å². The van der Waals surface area contributed by atoms with Gasteiger partial charge in [0.05, 0.1) is 35.8 Å². The summed E-state index contributed by atoms with van der Waals surface area (Å²) in [4.78, 5) is 16.8. The molecule has 2 aliphatic rings. The number of rotatable bonds is 6. The van der Waals surface area contributed by atoms with Gasteiger partial charge < -0.3 is 15.4 Å². The molecule has 0 bridgehead atoms. The van der Waals surface area contributed by atoms with Crippen LogP contribution < -0.4 is 10.6 Å². The summed E-state index contributed by atoms with van der Waals surface area (Å²) < 4.78 is 21.5. The van der Waals surface area contributed by atoms with Crippen molar-refractivity contribution in [2.24, 2.45) is 0 Å². The average molecular weight is 421 g/mol. The van der Waals surface area contributed by atoms with Gasteiger partial charge in [0, 0.05) is 42.4 Å². The van der Waals surface area contributed by atoms with Crippen molar-refractivity contribution in [3.63, 3.8) is 0 Å². The summed E-state index contributed by atoms with van der Waals surface area (Å²) in [5, 5.41) is 10.7. The van der Waals surface area contributed by atoms with Crippen molar-refractivity contribution >= 4 is 11.6 Å². The molecule has 1 atom stereocenters. The fourth-order valence-corrected chi connectivity index (χ4v) is 3.74. The molecule has 1 aromatic carbocycles. The number of anilines is 1. The quantitative estimate of drug-likeness (QED) is 0.637. The van der Waals surface area contributed by atoms with Gasteiger partial charge in [0.1, 0.15) is 5.82 Å². The van der Waals surface area contributed by atoms with Gasteiger partial charge in [0.2, 0.25) is 0 Å². The lowest BCUT2D eigenvalue weighted by atomic mass is 10.1. The van der Waals surface area contributed by atoms with Crippen molar-refractivity contribution in [1.82, 2.24) is 20.1 Å². The summed E-state index contributed by atoms with van der Waals surface area (Å²) in [5.41, 5.74) is 4.13. The minimum Gasteiger partial charge on any atom is -0.379 e. The van der Waals surface area contributed by atoms with Crippen LogP contribution in [0.4, 0.5) is 10.1 Å². The van der Waals surface area contributed by atoms with Gasteiger partial charge in [-0.15, -0.1) is 0 Å². The second-order valence-electron chi connectivity index (χ2n) is 8.21. The molecule has 3 aromatic rings. The lowest BCUT2D eigenvalue weighted by Gasteiger charge is -2.12. The largest absolute Gasteiger partial charge is 0.379 e. The number of pyridine rings is 1. The Balaban J connectivity index is 1.41. The minimum absolute atomic E-state index is 0.0381. The van der Waals surface area contributed by atoms with E-state index in [1.165, 1.54) is 6.07 Å². The highest BCUT2D eigenvalue weighted by molar-refractivity contribution is 5.95. The third-order valence-electron chi connectivity index (χ3n) is 5.64. The maximum absolute atomic E-state index is 14.4. The molecule has 8 heteroatoms. The Morgan fingerprint density at radius 2 is 2.00 bits per heavy atom. The van der Waals surface area contributed by atoms with E-state index < -0.39 is 5.82 Å². The van der Waals surface area contributed by atoms with Gasteiger partial charge in [-0.2, -0.15) is 5.10 Å². The fourth-order valence-electron chi connectivity index (χ4n) is 3.74. The molecule has 0 radical (unpaired) electrons. The van der Waals surface area contributed by atoms with Crippen LogP contribution in [0.25, 0.3) is 16.8 Å². The van der Waals surface area contributed by atoms with Crippen LogP contribution in [0.15, 0.2) is 43.0 Å². The van der Waals surface area contributed by atoms with Gasteiger partial charge in [-0.1, -0.05) is 0 Å². The zero-order valence-electron chi connectivity index (χ0n) is 17.3. The van der Waals surface area contributed by atoms with Gasteiger partial charge in [0.15, 0.2) is 0 Å². The first-order chi connectivity index (χ1) is 15.1. The number of ether oxygens (including phenoxy) is 1. The first-order valence-electron chi connectivity index (χ1n) is 10.5. The van der Waals surface area contributed by atoms with E-state index in [0.29, 0.717) is 23.9 Å². The number of carbonyl (C=O) groups excluding carboxylic acids is 1. The van der Waals surface area contributed by atoms with Gasteiger partial charge in [-0.3, -0.25) is 9.78 Å². The summed E-state index contributed by atoms with van der Waals surface area (Å²) in [7, 11) is 0. The summed E-state index contributed by atoms with van der Waals surface area (Å²) >= 11 is 0. The van der Waals surface area contributed by atoms with Crippen LogP contribution in [0.3, 0.4) is 0 Å². The molecule has 1 aliphatic heterocycles. The first-order valence-corrected chi connectivity index (χ1v) is 10.5. The van der Waals surface area contributed by atoms with Gasteiger partial charge in [0.25, 0.3) is 5.91 Å². The van der Waals surface area contributed by atoms with E-state index in [9.17, 15) is 9.18 Å². The second-order valence-corrected chi connectivity index (χ2v) is 8.21. The van der Waals surface area contributed by atoms with E-state index >= 15 is 0 Å². The molecule has 3 heterocycles. The number of nitrogens with zero attached hydrogens (tertiary/aromatic N) is 3. The molecule has 5 rings (SSSR count). The predicted octanol–water partition coefficient (Wildman–Crippen LogP) is 3.47. The van der Waals surface area contributed by atoms with E-state index in [2.05, 4.69) is 20.7 Å². The van der Waals surface area contributed by atoms with Gasteiger partial charge in [-0.25, -0.2) is 9.07 Å². The number of aryl methyl sites for hydroxylation is 1. The highest BCUT2D eigenvalue weighted by atomic mass is 19.1. The number of halogens is 1. The van der Waals surface area contributed by atoms with Gasteiger partial charge in [-0.05, 0) is 49.9 Å². The Labute approximate surface area is 179 Å². The average Bonchev–Trinajstić information content (AvgIpc) is 3.21. The molecule has 1 saturated carbocycles. The van der Waals surface area contributed by atoms with Crippen LogP contribution in [0, 0.1) is 12.7 Å². The normalized spacial score (nSPS) is 18.2. The van der Waals surface area contributed by atoms with E-state index in [0.717, 1.165) is 42.7 Å². The van der Waals surface area contributed by atoms with E-state index in [4.69, 9.17) is 4.74 Å². The van der Waals surface area contributed by atoms with E-state index in [1.54, 1.807) is 36.3 Å². The SMILES string of the molecule is Cc1cc(F)c(C(=O)NC2CC2)cc1-n1cc(-c2cncc(N[C@@H]3CCOC3)c2)cn1. The maximum atomic E-state index is 14.4. The number of aromatic nitrogens is 3. The summed E-state index contributed by atoms with van der Waals surface area (Å²) in [5.74, 6) is -0.904. The van der Waals surface area contributed by atoms with Crippen LogP contribution >= 0.6 is 0 Å². The van der Waals surface area contributed by atoms with Crippen LogP contribution in [0.1, 0.15) is 35.2 Å². The monoisotopic (exact) mass is 421 g/mol. The van der Waals surface area contributed by atoms with Crippen LogP contribution in [-0.4, -0.2) is 46.0 Å². The molecular weight excluding hydrogens is 397 g/mol. The zero-order chi connectivity index (χ0) is 21.4. The molecule has 2 fully saturated rings. The number of carbonyl (C=O) groups is 1. The van der Waals surface area contributed by atoms with E-state index in [1.807, 2.05) is 12.3 Å². The third kappa shape index (κ3) is 4.29. The van der Waals surface area contributed by atoms with E-state index in [-0.39, 0.29) is 17.5 Å². The number of benzene rings is 1. The Hall–Kier alpha value is -3.26. The zero-order valence-corrected chi connectivity index (χ0v) is 17.3. The van der Waals surface area contributed by atoms with Crippen molar-refractivity contribution in [3.05, 3.63) is 59.9 Å². The molecular formula is C23H24FN5O2. The molecule has 1 aliphatic carbocycles.